The molecule has 1 aliphatic heterocycles. The average Bonchev–Trinajstić information content (AvgIpc) is 3.04. The lowest BCUT2D eigenvalue weighted by Crippen LogP contribution is -2.44. The van der Waals surface area contributed by atoms with Gasteiger partial charge in [0.25, 0.3) is 5.91 Å². The summed E-state index contributed by atoms with van der Waals surface area (Å²) in [5.41, 5.74) is 7.51. The molecule has 1 aromatic heterocycles. The van der Waals surface area contributed by atoms with Crippen LogP contribution >= 0.6 is 0 Å². The van der Waals surface area contributed by atoms with Crippen LogP contribution in [-0.2, 0) is 4.79 Å². The zero-order chi connectivity index (χ0) is 16.4. The largest absolute Gasteiger partial charge is 0.443 e. The van der Waals surface area contributed by atoms with Crippen LogP contribution in [0.2, 0.25) is 0 Å². The van der Waals surface area contributed by atoms with Crippen LogP contribution < -0.4 is 5.73 Å². The first-order valence-corrected chi connectivity index (χ1v) is 7.66. The molecule has 1 aromatic carbocycles. The minimum Gasteiger partial charge on any atom is -0.443 e. The number of nitrogens with zero attached hydrogens (tertiary/aromatic N) is 2. The van der Waals surface area contributed by atoms with E-state index in [9.17, 15) is 9.59 Å². The van der Waals surface area contributed by atoms with E-state index in [-0.39, 0.29) is 23.4 Å². The summed E-state index contributed by atoms with van der Waals surface area (Å²) in [6.07, 6.45) is 2.77. The number of carbonyl (C=O) groups excluding carboxylic acids is 2. The fourth-order valence-electron chi connectivity index (χ4n) is 2.96. The Morgan fingerprint density at radius 3 is 2.87 bits per heavy atom. The molecule has 3 rings (SSSR count). The van der Waals surface area contributed by atoms with Crippen molar-refractivity contribution in [1.82, 2.24) is 9.88 Å². The molecule has 1 atom stereocenters. The minimum absolute atomic E-state index is 0.219. The third-order valence-corrected chi connectivity index (χ3v) is 4.27. The van der Waals surface area contributed by atoms with Crippen LogP contribution in [0.1, 0.15) is 28.9 Å². The van der Waals surface area contributed by atoms with E-state index < -0.39 is 0 Å². The fraction of sp³-hybridized carbons (Fsp3) is 0.353. The standard InChI is InChI=1S/C17H19N3O3/c1-11-5-2-3-7-13(11)15-14(19-10-23-15)17(22)20-8-4-6-12(9-20)16(18)21/h2-3,5,7,10,12H,4,6,8-9H2,1H3,(H2,18,21). The Labute approximate surface area is 134 Å². The van der Waals surface area contributed by atoms with Gasteiger partial charge in [-0.2, -0.15) is 0 Å². The highest BCUT2D eigenvalue weighted by molar-refractivity contribution is 5.98. The molecule has 2 N–H and O–H groups in total. The maximum absolute atomic E-state index is 12.8. The third-order valence-electron chi connectivity index (χ3n) is 4.27. The van der Waals surface area contributed by atoms with Crippen molar-refractivity contribution < 1.29 is 14.0 Å². The summed E-state index contributed by atoms with van der Waals surface area (Å²) >= 11 is 0. The van der Waals surface area contributed by atoms with Gasteiger partial charge in [0.2, 0.25) is 5.91 Å². The maximum Gasteiger partial charge on any atom is 0.276 e. The second-order valence-electron chi connectivity index (χ2n) is 5.84. The number of likely N-dealkylation sites (tertiary alicyclic amines) is 1. The zero-order valence-electron chi connectivity index (χ0n) is 13.0. The number of nitrogens with two attached hydrogens (primary N) is 1. The van der Waals surface area contributed by atoms with Gasteiger partial charge in [-0.05, 0) is 25.3 Å². The van der Waals surface area contributed by atoms with E-state index in [0.29, 0.717) is 18.8 Å². The Morgan fingerprint density at radius 2 is 2.13 bits per heavy atom. The highest BCUT2D eigenvalue weighted by Gasteiger charge is 2.30. The quantitative estimate of drug-likeness (QED) is 0.938. The van der Waals surface area contributed by atoms with Crippen molar-refractivity contribution in [1.29, 1.82) is 0 Å². The Kier molecular flexibility index (Phi) is 4.14. The van der Waals surface area contributed by atoms with Gasteiger partial charge in [-0.15, -0.1) is 0 Å². The van der Waals surface area contributed by atoms with E-state index in [2.05, 4.69) is 4.98 Å². The summed E-state index contributed by atoms with van der Waals surface area (Å²) in [5, 5.41) is 0. The van der Waals surface area contributed by atoms with E-state index in [0.717, 1.165) is 24.0 Å². The number of primary amides is 1. The number of hydrogen-bond acceptors (Lipinski definition) is 4. The van der Waals surface area contributed by atoms with Gasteiger partial charge in [0.15, 0.2) is 17.8 Å². The van der Waals surface area contributed by atoms with Gasteiger partial charge in [0, 0.05) is 18.7 Å². The monoisotopic (exact) mass is 313 g/mol. The molecule has 2 amide bonds. The van der Waals surface area contributed by atoms with Gasteiger partial charge >= 0.3 is 0 Å². The number of benzene rings is 1. The summed E-state index contributed by atoms with van der Waals surface area (Å²) < 4.78 is 5.47. The predicted molar refractivity (Wildman–Crippen MR) is 84.5 cm³/mol. The summed E-state index contributed by atoms with van der Waals surface area (Å²) in [6.45, 7) is 2.90. The molecule has 1 fully saturated rings. The van der Waals surface area contributed by atoms with Crippen molar-refractivity contribution in [2.75, 3.05) is 13.1 Å². The molecule has 0 aliphatic carbocycles. The molecule has 0 spiro atoms. The molecule has 6 heteroatoms. The van der Waals surface area contributed by atoms with Crippen LogP contribution in [0, 0.1) is 12.8 Å². The van der Waals surface area contributed by atoms with Gasteiger partial charge < -0.3 is 15.1 Å². The van der Waals surface area contributed by atoms with E-state index in [1.807, 2.05) is 31.2 Å². The SMILES string of the molecule is Cc1ccccc1-c1ocnc1C(=O)N1CCCC(C(N)=O)C1. The van der Waals surface area contributed by atoms with Crippen molar-refractivity contribution in [3.63, 3.8) is 0 Å². The highest BCUT2D eigenvalue weighted by Crippen LogP contribution is 2.28. The molecule has 0 saturated carbocycles. The molecule has 6 nitrogen and oxygen atoms in total. The van der Waals surface area contributed by atoms with Crippen LogP contribution in [0.3, 0.4) is 0 Å². The van der Waals surface area contributed by atoms with Gasteiger partial charge in [0.1, 0.15) is 0 Å². The normalized spacial score (nSPS) is 18.0. The van der Waals surface area contributed by atoms with E-state index >= 15 is 0 Å². The minimum atomic E-state index is -0.359. The number of aryl methyl sites for hydroxylation is 1. The third kappa shape index (κ3) is 2.97. The number of hydrogen-bond donors (Lipinski definition) is 1. The smallest absolute Gasteiger partial charge is 0.276 e. The number of oxazole rings is 1. The first-order valence-electron chi connectivity index (χ1n) is 7.66. The maximum atomic E-state index is 12.8. The Morgan fingerprint density at radius 1 is 1.35 bits per heavy atom. The number of piperidine rings is 1. The van der Waals surface area contributed by atoms with Crippen LogP contribution in [0.25, 0.3) is 11.3 Å². The van der Waals surface area contributed by atoms with Crippen molar-refractivity contribution in [3.05, 3.63) is 41.9 Å². The molecule has 0 radical (unpaired) electrons. The Balaban J connectivity index is 1.88. The van der Waals surface area contributed by atoms with Crippen molar-refractivity contribution in [3.8, 4) is 11.3 Å². The van der Waals surface area contributed by atoms with Crippen molar-refractivity contribution in [2.24, 2.45) is 11.7 Å². The number of carbonyl (C=O) groups is 2. The lowest BCUT2D eigenvalue weighted by atomic mass is 9.97. The Hall–Kier alpha value is -2.63. The summed E-state index contributed by atoms with van der Waals surface area (Å²) in [4.78, 5) is 29.9. The predicted octanol–water partition coefficient (Wildman–Crippen LogP) is 1.99. The van der Waals surface area contributed by atoms with Gasteiger partial charge in [-0.25, -0.2) is 4.98 Å². The van der Waals surface area contributed by atoms with E-state index in [1.165, 1.54) is 6.39 Å². The van der Waals surface area contributed by atoms with Gasteiger partial charge in [-0.1, -0.05) is 24.3 Å². The fourth-order valence-corrected chi connectivity index (χ4v) is 2.96. The molecule has 1 unspecified atom stereocenters. The van der Waals surface area contributed by atoms with E-state index in [1.54, 1.807) is 4.90 Å². The van der Waals surface area contributed by atoms with Crippen LogP contribution in [0.15, 0.2) is 35.1 Å². The average molecular weight is 313 g/mol. The molecular weight excluding hydrogens is 294 g/mol. The number of amides is 2. The molecule has 2 heterocycles. The van der Waals surface area contributed by atoms with Crippen molar-refractivity contribution in [2.45, 2.75) is 19.8 Å². The van der Waals surface area contributed by atoms with Crippen LogP contribution in [-0.4, -0.2) is 34.8 Å². The first-order chi connectivity index (χ1) is 11.1. The molecule has 1 aliphatic rings. The second kappa shape index (κ2) is 6.24. The van der Waals surface area contributed by atoms with Gasteiger partial charge in [0.05, 0.1) is 5.92 Å². The second-order valence-corrected chi connectivity index (χ2v) is 5.84. The topological polar surface area (TPSA) is 89.4 Å². The van der Waals surface area contributed by atoms with Gasteiger partial charge in [-0.3, -0.25) is 9.59 Å². The molecule has 2 aromatic rings. The van der Waals surface area contributed by atoms with Crippen LogP contribution in [0.4, 0.5) is 0 Å². The lowest BCUT2D eigenvalue weighted by Gasteiger charge is -2.30. The summed E-state index contributed by atoms with van der Waals surface area (Å²) in [7, 11) is 0. The molecule has 120 valence electrons. The first kappa shape index (κ1) is 15.3. The summed E-state index contributed by atoms with van der Waals surface area (Å²) in [6, 6.07) is 7.67. The number of rotatable bonds is 3. The van der Waals surface area contributed by atoms with Crippen LogP contribution in [0.5, 0.6) is 0 Å². The van der Waals surface area contributed by atoms with E-state index in [4.69, 9.17) is 10.2 Å². The molecular formula is C17H19N3O3. The molecule has 0 bridgehead atoms. The highest BCUT2D eigenvalue weighted by atomic mass is 16.3. The number of aromatic nitrogens is 1. The lowest BCUT2D eigenvalue weighted by molar-refractivity contribution is -0.123. The molecule has 23 heavy (non-hydrogen) atoms. The summed E-state index contributed by atoms with van der Waals surface area (Å²) in [5.74, 6) is -0.402. The Bertz CT molecular complexity index is 738. The molecule has 1 saturated heterocycles. The zero-order valence-corrected chi connectivity index (χ0v) is 13.0. The van der Waals surface area contributed by atoms with Crippen molar-refractivity contribution >= 4 is 11.8 Å².